The van der Waals surface area contributed by atoms with Crippen LogP contribution in [-0.2, 0) is 6.42 Å². The third kappa shape index (κ3) is 4.33. The topological polar surface area (TPSA) is 58.1 Å². The van der Waals surface area contributed by atoms with Gasteiger partial charge in [0, 0.05) is 43.6 Å². The Morgan fingerprint density at radius 3 is 2.50 bits per heavy atom. The number of piperazine rings is 1. The van der Waals surface area contributed by atoms with E-state index in [-0.39, 0.29) is 11.9 Å². The average molecular weight is 441 g/mol. The Hall–Kier alpha value is -3.35. The number of thiazole rings is 1. The van der Waals surface area contributed by atoms with Gasteiger partial charge in [-0.05, 0) is 29.7 Å². The lowest BCUT2D eigenvalue weighted by Gasteiger charge is -2.36. The largest absolute Gasteiger partial charge is 0.331 e. The second-order valence-corrected chi connectivity index (χ2v) is 8.85. The molecule has 2 aromatic heterocycles. The van der Waals surface area contributed by atoms with E-state index < -0.39 is 0 Å². The summed E-state index contributed by atoms with van der Waals surface area (Å²) in [5, 5.41) is 4.26. The van der Waals surface area contributed by atoms with Crippen LogP contribution >= 0.6 is 11.3 Å². The van der Waals surface area contributed by atoms with E-state index in [0.717, 1.165) is 40.5 Å². The van der Waals surface area contributed by atoms with E-state index in [1.54, 1.807) is 23.7 Å². The fourth-order valence-electron chi connectivity index (χ4n) is 4.10. The molecule has 6 heteroatoms. The Morgan fingerprint density at radius 2 is 1.75 bits per heavy atom. The van der Waals surface area contributed by atoms with E-state index in [0.29, 0.717) is 12.2 Å². The van der Waals surface area contributed by atoms with Gasteiger partial charge in [-0.1, -0.05) is 60.7 Å². The number of pyridine rings is 1. The molecule has 5 nitrogen and oxygen atoms in total. The van der Waals surface area contributed by atoms with Crippen LogP contribution in [0.2, 0.25) is 0 Å². The molecule has 5 rings (SSSR count). The van der Waals surface area contributed by atoms with Crippen LogP contribution < -0.4 is 5.32 Å². The van der Waals surface area contributed by atoms with Crippen molar-refractivity contribution < 1.29 is 4.79 Å². The molecular formula is C26H24N4OS. The number of nitrogens with one attached hydrogen (secondary N) is 1. The summed E-state index contributed by atoms with van der Waals surface area (Å²) in [5.41, 5.74) is 3.70. The van der Waals surface area contributed by atoms with E-state index in [1.807, 2.05) is 65.6 Å². The molecule has 160 valence electrons. The van der Waals surface area contributed by atoms with E-state index in [1.165, 1.54) is 5.56 Å². The maximum atomic E-state index is 13.9. The number of carbonyl (C=O) groups is 1. The SMILES string of the molecule is O=C(c1nc(-c2cccnc2)sc1-c1ccccc1)N1CCNCC1Cc1ccccc1. The molecule has 1 aliphatic rings. The highest BCUT2D eigenvalue weighted by Crippen LogP contribution is 2.36. The number of hydrogen-bond donors (Lipinski definition) is 1. The van der Waals surface area contributed by atoms with Crippen molar-refractivity contribution in [3.05, 3.63) is 96.4 Å². The molecule has 3 heterocycles. The summed E-state index contributed by atoms with van der Waals surface area (Å²) in [4.78, 5) is 25.8. The molecule has 0 spiro atoms. The quantitative estimate of drug-likeness (QED) is 0.495. The molecule has 0 bridgehead atoms. The van der Waals surface area contributed by atoms with Gasteiger partial charge in [0.15, 0.2) is 0 Å². The zero-order valence-corrected chi connectivity index (χ0v) is 18.5. The van der Waals surface area contributed by atoms with Crippen LogP contribution in [0.15, 0.2) is 85.2 Å². The minimum atomic E-state index is -0.00215. The molecule has 1 fully saturated rings. The van der Waals surface area contributed by atoms with Crippen molar-refractivity contribution >= 4 is 17.2 Å². The highest BCUT2D eigenvalue weighted by Gasteiger charge is 2.31. The molecule has 1 saturated heterocycles. The molecule has 2 aromatic carbocycles. The molecule has 32 heavy (non-hydrogen) atoms. The molecule has 1 atom stereocenters. The number of carbonyl (C=O) groups excluding carboxylic acids is 1. The van der Waals surface area contributed by atoms with Crippen molar-refractivity contribution in [2.45, 2.75) is 12.5 Å². The predicted molar refractivity (Wildman–Crippen MR) is 129 cm³/mol. The minimum absolute atomic E-state index is 0.00215. The van der Waals surface area contributed by atoms with Crippen molar-refractivity contribution in [3.8, 4) is 21.0 Å². The number of amides is 1. The second kappa shape index (κ2) is 9.42. The molecular weight excluding hydrogens is 416 g/mol. The first kappa shape index (κ1) is 20.5. The van der Waals surface area contributed by atoms with Crippen LogP contribution in [0.5, 0.6) is 0 Å². The monoisotopic (exact) mass is 440 g/mol. The first-order valence-electron chi connectivity index (χ1n) is 10.8. The van der Waals surface area contributed by atoms with Gasteiger partial charge in [-0.25, -0.2) is 4.98 Å². The Balaban J connectivity index is 1.52. The molecule has 4 aromatic rings. The maximum Gasteiger partial charge on any atom is 0.274 e. The molecule has 0 aliphatic carbocycles. The van der Waals surface area contributed by atoms with Crippen molar-refractivity contribution in [1.29, 1.82) is 0 Å². The van der Waals surface area contributed by atoms with Gasteiger partial charge in [-0.2, -0.15) is 0 Å². The maximum absolute atomic E-state index is 13.9. The molecule has 1 aliphatic heterocycles. The Morgan fingerprint density at radius 1 is 1.00 bits per heavy atom. The molecule has 0 saturated carbocycles. The van der Waals surface area contributed by atoms with Gasteiger partial charge in [-0.3, -0.25) is 9.78 Å². The number of benzene rings is 2. The van der Waals surface area contributed by atoms with Crippen molar-refractivity contribution in [1.82, 2.24) is 20.2 Å². The second-order valence-electron chi connectivity index (χ2n) is 7.85. The zero-order chi connectivity index (χ0) is 21.8. The molecule has 1 amide bonds. The van der Waals surface area contributed by atoms with Crippen LogP contribution in [-0.4, -0.2) is 46.5 Å². The number of nitrogens with zero attached hydrogens (tertiary/aromatic N) is 3. The summed E-state index contributed by atoms with van der Waals surface area (Å²) in [6.07, 6.45) is 4.36. The lowest BCUT2D eigenvalue weighted by molar-refractivity contribution is 0.0631. The molecule has 0 radical (unpaired) electrons. The first-order valence-corrected chi connectivity index (χ1v) is 11.6. The van der Waals surface area contributed by atoms with Gasteiger partial charge >= 0.3 is 0 Å². The standard InChI is InChI=1S/C26H24N4OS/c31-26(30-15-14-28-18-22(30)16-19-8-3-1-4-9-19)23-24(20-10-5-2-6-11-20)32-25(29-23)21-12-7-13-27-17-21/h1-13,17,22,28H,14-16,18H2. The van der Waals surface area contributed by atoms with E-state index >= 15 is 0 Å². The summed E-state index contributed by atoms with van der Waals surface area (Å²) in [6, 6.07) is 24.4. The van der Waals surface area contributed by atoms with E-state index in [4.69, 9.17) is 4.98 Å². The lowest BCUT2D eigenvalue weighted by Crippen LogP contribution is -2.54. The van der Waals surface area contributed by atoms with Gasteiger partial charge in [0.25, 0.3) is 5.91 Å². The van der Waals surface area contributed by atoms with Crippen LogP contribution in [0.3, 0.4) is 0 Å². The normalized spacial score (nSPS) is 16.1. The van der Waals surface area contributed by atoms with Crippen LogP contribution in [0.25, 0.3) is 21.0 Å². The Kier molecular flexibility index (Phi) is 6.05. The summed E-state index contributed by atoms with van der Waals surface area (Å²) in [5.74, 6) is -0.00215. The summed E-state index contributed by atoms with van der Waals surface area (Å²) >= 11 is 1.55. The highest BCUT2D eigenvalue weighted by molar-refractivity contribution is 7.18. The highest BCUT2D eigenvalue weighted by atomic mass is 32.1. The van der Waals surface area contributed by atoms with Crippen LogP contribution in [0.1, 0.15) is 16.1 Å². The Bertz CT molecular complexity index is 1180. The van der Waals surface area contributed by atoms with Gasteiger partial charge < -0.3 is 10.2 Å². The van der Waals surface area contributed by atoms with Gasteiger partial charge in [0.2, 0.25) is 0 Å². The van der Waals surface area contributed by atoms with E-state index in [9.17, 15) is 4.79 Å². The summed E-state index contributed by atoms with van der Waals surface area (Å²) in [7, 11) is 0. The van der Waals surface area contributed by atoms with Crippen molar-refractivity contribution in [2.75, 3.05) is 19.6 Å². The number of aromatic nitrogens is 2. The van der Waals surface area contributed by atoms with Crippen LogP contribution in [0.4, 0.5) is 0 Å². The van der Waals surface area contributed by atoms with Crippen LogP contribution in [0, 0.1) is 0 Å². The fraction of sp³-hybridized carbons (Fsp3) is 0.192. The fourth-order valence-corrected chi connectivity index (χ4v) is 5.15. The number of hydrogen-bond acceptors (Lipinski definition) is 5. The Labute approximate surface area is 191 Å². The van der Waals surface area contributed by atoms with Crippen molar-refractivity contribution in [3.63, 3.8) is 0 Å². The predicted octanol–water partition coefficient (Wildman–Crippen LogP) is 4.53. The van der Waals surface area contributed by atoms with E-state index in [2.05, 4.69) is 22.4 Å². The van der Waals surface area contributed by atoms with Gasteiger partial charge in [-0.15, -0.1) is 11.3 Å². The molecule has 1 N–H and O–H groups in total. The first-order chi connectivity index (χ1) is 15.8. The lowest BCUT2D eigenvalue weighted by atomic mass is 10.0. The van der Waals surface area contributed by atoms with Gasteiger partial charge in [0.05, 0.1) is 4.88 Å². The zero-order valence-electron chi connectivity index (χ0n) is 17.6. The summed E-state index contributed by atoms with van der Waals surface area (Å²) in [6.45, 7) is 2.24. The van der Waals surface area contributed by atoms with Crippen molar-refractivity contribution in [2.24, 2.45) is 0 Å². The third-order valence-electron chi connectivity index (χ3n) is 5.70. The third-order valence-corrected chi connectivity index (χ3v) is 6.85. The smallest absolute Gasteiger partial charge is 0.274 e. The summed E-state index contributed by atoms with van der Waals surface area (Å²) < 4.78 is 0. The van der Waals surface area contributed by atoms with Gasteiger partial charge in [0.1, 0.15) is 10.7 Å². The molecule has 1 unspecified atom stereocenters. The number of rotatable bonds is 5. The average Bonchev–Trinajstić information content (AvgIpc) is 3.31. The minimum Gasteiger partial charge on any atom is -0.331 e.